The second-order valence-electron chi connectivity index (χ2n) is 6.80. The molecule has 3 N–H and O–H groups in total. The second-order valence-corrected chi connectivity index (χ2v) is 7.20. The highest BCUT2D eigenvalue weighted by Crippen LogP contribution is 2.30. The van der Waals surface area contributed by atoms with E-state index in [-0.39, 0.29) is 11.9 Å². The highest BCUT2D eigenvalue weighted by Gasteiger charge is 2.28. The zero-order chi connectivity index (χ0) is 17.1. The van der Waals surface area contributed by atoms with Crippen LogP contribution in [0.2, 0.25) is 5.02 Å². The molecule has 3 rings (SSSR count). The number of rotatable bonds is 3. The first-order valence-electron chi connectivity index (χ1n) is 8.76. The largest absolute Gasteiger partial charge is 0.496 e. The summed E-state index contributed by atoms with van der Waals surface area (Å²) in [6, 6.07) is 4.08. The van der Waals surface area contributed by atoms with Crippen LogP contribution in [-0.2, 0) is 0 Å². The maximum absolute atomic E-state index is 12.7. The van der Waals surface area contributed by atoms with Crippen LogP contribution in [0, 0.1) is 0 Å². The maximum Gasteiger partial charge on any atom is 0.255 e. The summed E-state index contributed by atoms with van der Waals surface area (Å²) in [5.41, 5.74) is 6.64. The van der Waals surface area contributed by atoms with Crippen LogP contribution < -0.4 is 15.8 Å². The predicted octanol–water partition coefficient (Wildman–Crippen LogP) is 3.07. The minimum absolute atomic E-state index is 0.140. The van der Waals surface area contributed by atoms with Gasteiger partial charge < -0.3 is 20.7 Å². The van der Waals surface area contributed by atoms with Gasteiger partial charge in [0.05, 0.1) is 23.4 Å². The van der Waals surface area contributed by atoms with Crippen molar-refractivity contribution in [2.24, 2.45) is 0 Å². The van der Waals surface area contributed by atoms with Gasteiger partial charge in [-0.05, 0) is 44.7 Å². The number of piperidine rings is 1. The number of amides is 1. The van der Waals surface area contributed by atoms with Gasteiger partial charge in [0.25, 0.3) is 5.91 Å². The number of halogens is 1. The number of carbonyl (C=O) groups is 1. The number of ether oxygens (including phenoxy) is 1. The van der Waals surface area contributed by atoms with E-state index < -0.39 is 0 Å². The number of hydrogen-bond acceptors (Lipinski definition) is 4. The molecule has 2 aliphatic heterocycles. The molecule has 0 saturated carbocycles. The van der Waals surface area contributed by atoms with E-state index in [1.54, 1.807) is 12.1 Å². The van der Waals surface area contributed by atoms with E-state index in [1.807, 2.05) is 0 Å². The van der Waals surface area contributed by atoms with Gasteiger partial charge >= 0.3 is 0 Å². The molecule has 5 nitrogen and oxygen atoms in total. The zero-order valence-corrected chi connectivity index (χ0v) is 14.9. The smallest absolute Gasteiger partial charge is 0.255 e. The average molecular weight is 352 g/mol. The Balaban J connectivity index is 1.67. The summed E-state index contributed by atoms with van der Waals surface area (Å²) >= 11 is 6.07. The molecule has 0 aliphatic carbocycles. The molecule has 24 heavy (non-hydrogen) atoms. The molecule has 2 atom stereocenters. The van der Waals surface area contributed by atoms with Crippen LogP contribution in [0.1, 0.15) is 48.9 Å². The summed E-state index contributed by atoms with van der Waals surface area (Å²) < 4.78 is 5.29. The number of nitrogens with two attached hydrogens (primary N) is 1. The van der Waals surface area contributed by atoms with Crippen molar-refractivity contribution in [3.8, 4) is 5.75 Å². The van der Waals surface area contributed by atoms with E-state index in [9.17, 15) is 4.79 Å². The van der Waals surface area contributed by atoms with Gasteiger partial charge in [0.15, 0.2) is 0 Å². The maximum atomic E-state index is 12.7. The number of hydrogen-bond donors (Lipinski definition) is 2. The van der Waals surface area contributed by atoms with E-state index >= 15 is 0 Å². The van der Waals surface area contributed by atoms with Crippen LogP contribution in [0.5, 0.6) is 5.75 Å². The molecular formula is C18H26ClN3O2. The summed E-state index contributed by atoms with van der Waals surface area (Å²) in [7, 11) is 1.53. The molecule has 1 amide bonds. The summed E-state index contributed by atoms with van der Waals surface area (Å²) in [5, 5.41) is 3.54. The van der Waals surface area contributed by atoms with Crippen molar-refractivity contribution in [3.05, 3.63) is 22.7 Å². The average Bonchev–Trinajstić information content (AvgIpc) is 2.79. The molecule has 0 spiro atoms. The molecule has 0 aromatic heterocycles. The number of nitrogens with one attached hydrogen (secondary N) is 1. The molecule has 0 radical (unpaired) electrons. The quantitative estimate of drug-likeness (QED) is 0.821. The molecule has 2 unspecified atom stereocenters. The lowest BCUT2D eigenvalue weighted by Crippen LogP contribution is -2.39. The Bertz CT molecular complexity index is 592. The van der Waals surface area contributed by atoms with Crippen molar-refractivity contribution < 1.29 is 9.53 Å². The summed E-state index contributed by atoms with van der Waals surface area (Å²) in [6.45, 7) is 2.27. The lowest BCUT2D eigenvalue weighted by Gasteiger charge is -2.33. The summed E-state index contributed by atoms with van der Waals surface area (Å²) in [6.07, 6.45) is 7.10. The third-order valence-electron chi connectivity index (χ3n) is 5.26. The predicted molar refractivity (Wildman–Crippen MR) is 96.7 cm³/mol. The minimum Gasteiger partial charge on any atom is -0.496 e. The molecule has 1 aromatic carbocycles. The van der Waals surface area contributed by atoms with Crippen molar-refractivity contribution in [1.29, 1.82) is 0 Å². The fourth-order valence-electron chi connectivity index (χ4n) is 3.86. The highest BCUT2D eigenvalue weighted by atomic mass is 35.5. The fraction of sp³-hybridized carbons (Fsp3) is 0.611. The fourth-order valence-corrected chi connectivity index (χ4v) is 4.03. The third-order valence-corrected chi connectivity index (χ3v) is 5.59. The van der Waals surface area contributed by atoms with E-state index in [0.717, 1.165) is 25.8 Å². The van der Waals surface area contributed by atoms with E-state index in [1.165, 1.54) is 32.9 Å². The van der Waals surface area contributed by atoms with Gasteiger partial charge in [-0.15, -0.1) is 0 Å². The van der Waals surface area contributed by atoms with Gasteiger partial charge in [-0.2, -0.15) is 0 Å². The monoisotopic (exact) mass is 351 g/mol. The first-order chi connectivity index (χ1) is 11.6. The van der Waals surface area contributed by atoms with Crippen molar-refractivity contribution in [3.63, 3.8) is 0 Å². The minimum atomic E-state index is -0.140. The third kappa shape index (κ3) is 3.78. The first-order valence-corrected chi connectivity index (χ1v) is 9.14. The molecule has 1 aromatic rings. The van der Waals surface area contributed by atoms with E-state index in [2.05, 4.69) is 10.2 Å². The number of nitrogen functional groups attached to an aromatic ring is 1. The molecule has 2 aliphatic rings. The topological polar surface area (TPSA) is 67.6 Å². The lowest BCUT2D eigenvalue weighted by molar-refractivity contribution is 0.0930. The lowest BCUT2D eigenvalue weighted by atomic mass is 9.98. The second kappa shape index (κ2) is 7.62. The van der Waals surface area contributed by atoms with Crippen LogP contribution in [-0.4, -0.2) is 43.1 Å². The normalized spacial score (nSPS) is 24.8. The number of anilines is 1. The number of fused-ring (bicyclic) bond motifs is 1. The first kappa shape index (κ1) is 17.4. The van der Waals surface area contributed by atoms with Gasteiger partial charge in [0.2, 0.25) is 0 Å². The van der Waals surface area contributed by atoms with Crippen molar-refractivity contribution in [2.45, 2.75) is 50.6 Å². The zero-order valence-electron chi connectivity index (χ0n) is 14.2. The molecule has 2 fully saturated rings. The summed E-state index contributed by atoms with van der Waals surface area (Å²) in [5.74, 6) is 0.319. The van der Waals surface area contributed by atoms with Crippen LogP contribution in [0.25, 0.3) is 0 Å². The van der Waals surface area contributed by atoms with E-state index in [4.69, 9.17) is 22.1 Å². The highest BCUT2D eigenvalue weighted by molar-refractivity contribution is 6.33. The Hall–Kier alpha value is -1.46. The Morgan fingerprint density at radius 2 is 2.08 bits per heavy atom. The van der Waals surface area contributed by atoms with E-state index in [0.29, 0.717) is 28.1 Å². The SMILES string of the molecule is COc1cc(N)c(Cl)cc1C(=O)NC1CCC2CCCCN2CC1. The Morgan fingerprint density at radius 1 is 1.25 bits per heavy atom. The molecule has 6 heteroatoms. The molecule has 132 valence electrons. The van der Waals surface area contributed by atoms with Crippen molar-refractivity contribution >= 4 is 23.2 Å². The van der Waals surface area contributed by atoms with Gasteiger partial charge in [0.1, 0.15) is 5.75 Å². The molecular weight excluding hydrogens is 326 g/mol. The Morgan fingerprint density at radius 3 is 2.88 bits per heavy atom. The van der Waals surface area contributed by atoms with Crippen LogP contribution in [0.3, 0.4) is 0 Å². The van der Waals surface area contributed by atoms with Gasteiger partial charge in [0, 0.05) is 24.7 Å². The van der Waals surface area contributed by atoms with Crippen LogP contribution >= 0.6 is 11.6 Å². The van der Waals surface area contributed by atoms with Crippen LogP contribution in [0.4, 0.5) is 5.69 Å². The Kier molecular flexibility index (Phi) is 5.51. The van der Waals surface area contributed by atoms with Crippen molar-refractivity contribution in [2.75, 3.05) is 25.9 Å². The van der Waals surface area contributed by atoms with Crippen LogP contribution in [0.15, 0.2) is 12.1 Å². The Labute approximate surface area is 148 Å². The molecule has 2 heterocycles. The number of methoxy groups -OCH3 is 1. The van der Waals surface area contributed by atoms with Crippen molar-refractivity contribution in [1.82, 2.24) is 10.2 Å². The standard InChI is InChI=1S/C18H26ClN3O2/c1-24-17-11-16(20)15(19)10-14(17)18(23)21-12-5-6-13-4-2-3-8-22(13)9-7-12/h10-13H,2-9,20H2,1H3,(H,21,23). The molecule has 2 saturated heterocycles. The number of nitrogens with zero attached hydrogens (tertiary/aromatic N) is 1. The summed E-state index contributed by atoms with van der Waals surface area (Å²) in [4.78, 5) is 15.3. The van der Waals surface area contributed by atoms with Gasteiger partial charge in [-0.3, -0.25) is 4.79 Å². The number of benzene rings is 1. The van der Waals surface area contributed by atoms with Gasteiger partial charge in [-0.1, -0.05) is 18.0 Å². The van der Waals surface area contributed by atoms with Gasteiger partial charge in [-0.25, -0.2) is 0 Å². The molecule has 0 bridgehead atoms. The number of carbonyl (C=O) groups excluding carboxylic acids is 1.